The van der Waals surface area contributed by atoms with Crippen LogP contribution in [-0.2, 0) is 6.42 Å². The first-order chi connectivity index (χ1) is 12.8. The molecule has 0 radical (unpaired) electrons. The molecule has 1 N–H and O–H groups in total. The van der Waals surface area contributed by atoms with Crippen molar-refractivity contribution in [3.63, 3.8) is 0 Å². The van der Waals surface area contributed by atoms with E-state index in [1.165, 1.54) is 0 Å². The van der Waals surface area contributed by atoms with Crippen LogP contribution in [0.3, 0.4) is 0 Å². The van der Waals surface area contributed by atoms with Crippen molar-refractivity contribution in [3.05, 3.63) is 72.8 Å². The Balaban J connectivity index is 1.74. The van der Waals surface area contributed by atoms with E-state index in [4.69, 9.17) is 13.3 Å². The number of rotatable bonds is 4. The van der Waals surface area contributed by atoms with Crippen molar-refractivity contribution in [1.29, 1.82) is 0 Å². The molecule has 5 heterocycles. The van der Waals surface area contributed by atoms with Crippen LogP contribution < -0.4 is 0 Å². The normalized spacial score (nSPS) is 11.4. The Labute approximate surface area is 147 Å². The Bertz CT molecular complexity index is 1150. The SMILES string of the molecule is Oc1c(Cc2ccco2)nc2c(-c3ccco3)nc(-c3ccco3)cn12. The van der Waals surface area contributed by atoms with Gasteiger partial charge in [0.15, 0.2) is 17.2 Å². The van der Waals surface area contributed by atoms with Gasteiger partial charge in [-0.25, -0.2) is 9.97 Å². The Kier molecular flexibility index (Phi) is 3.18. The smallest absolute Gasteiger partial charge is 0.219 e. The minimum Gasteiger partial charge on any atom is -0.493 e. The van der Waals surface area contributed by atoms with Crippen molar-refractivity contribution in [2.24, 2.45) is 0 Å². The van der Waals surface area contributed by atoms with E-state index in [2.05, 4.69) is 9.97 Å². The van der Waals surface area contributed by atoms with E-state index in [1.807, 2.05) is 6.07 Å². The molecule has 0 aliphatic heterocycles. The minimum absolute atomic E-state index is 0.0272. The Morgan fingerprint density at radius 2 is 1.62 bits per heavy atom. The summed E-state index contributed by atoms with van der Waals surface area (Å²) in [6, 6.07) is 10.8. The molecule has 5 rings (SSSR count). The molecular weight excluding hydrogens is 334 g/mol. The summed E-state index contributed by atoms with van der Waals surface area (Å²) in [5.74, 6) is 1.88. The molecule has 0 unspecified atom stereocenters. The average molecular weight is 347 g/mol. The summed E-state index contributed by atoms with van der Waals surface area (Å²) in [6.45, 7) is 0. The summed E-state index contributed by atoms with van der Waals surface area (Å²) in [6.07, 6.45) is 6.79. The number of furan rings is 3. The van der Waals surface area contributed by atoms with E-state index in [0.717, 1.165) is 0 Å². The van der Waals surface area contributed by atoms with Crippen LogP contribution in [0.4, 0.5) is 0 Å². The van der Waals surface area contributed by atoms with E-state index in [-0.39, 0.29) is 5.88 Å². The van der Waals surface area contributed by atoms with Crippen LogP contribution in [0.25, 0.3) is 28.6 Å². The first-order valence-corrected chi connectivity index (χ1v) is 8.00. The summed E-state index contributed by atoms with van der Waals surface area (Å²) in [5, 5.41) is 10.7. The molecule has 0 amide bonds. The standard InChI is InChI=1S/C19H13N3O4/c23-19-13(10-12-4-1-7-24-12)21-18-17(16-6-3-9-26-16)20-14(11-22(18)19)15-5-2-8-25-15/h1-9,11,23H,10H2. The van der Waals surface area contributed by atoms with Crippen LogP contribution in [0.1, 0.15) is 11.5 Å². The first kappa shape index (κ1) is 14.6. The predicted molar refractivity (Wildman–Crippen MR) is 91.6 cm³/mol. The summed E-state index contributed by atoms with van der Waals surface area (Å²) < 4.78 is 17.9. The monoisotopic (exact) mass is 347 g/mol. The summed E-state index contributed by atoms with van der Waals surface area (Å²) in [5.41, 5.74) is 2.07. The highest BCUT2D eigenvalue weighted by Gasteiger charge is 2.20. The van der Waals surface area contributed by atoms with Crippen molar-refractivity contribution < 1.29 is 18.4 Å². The van der Waals surface area contributed by atoms with Crippen LogP contribution in [-0.4, -0.2) is 19.5 Å². The maximum absolute atomic E-state index is 10.7. The third-order valence-electron chi connectivity index (χ3n) is 4.10. The van der Waals surface area contributed by atoms with Gasteiger partial charge < -0.3 is 18.4 Å². The first-order valence-electron chi connectivity index (χ1n) is 8.00. The summed E-state index contributed by atoms with van der Waals surface area (Å²) >= 11 is 0. The van der Waals surface area contributed by atoms with Crippen molar-refractivity contribution in [1.82, 2.24) is 14.4 Å². The molecular formula is C19H13N3O4. The number of fused-ring (bicyclic) bond motifs is 1. The van der Waals surface area contributed by atoms with Crippen molar-refractivity contribution in [2.45, 2.75) is 6.42 Å². The van der Waals surface area contributed by atoms with Crippen LogP contribution >= 0.6 is 0 Å². The van der Waals surface area contributed by atoms with Gasteiger partial charge in [-0.2, -0.15) is 0 Å². The predicted octanol–water partition coefficient (Wildman–Crippen LogP) is 4.14. The van der Waals surface area contributed by atoms with Crippen LogP contribution in [0.5, 0.6) is 5.88 Å². The van der Waals surface area contributed by atoms with Gasteiger partial charge in [0.05, 0.1) is 25.2 Å². The summed E-state index contributed by atoms with van der Waals surface area (Å²) in [4.78, 5) is 9.20. The lowest BCUT2D eigenvalue weighted by Gasteiger charge is -2.04. The number of aromatic hydroxyl groups is 1. The zero-order valence-electron chi connectivity index (χ0n) is 13.5. The van der Waals surface area contributed by atoms with Gasteiger partial charge >= 0.3 is 0 Å². The van der Waals surface area contributed by atoms with E-state index < -0.39 is 0 Å². The molecule has 0 saturated carbocycles. The fraction of sp³-hybridized carbons (Fsp3) is 0.0526. The fourth-order valence-corrected chi connectivity index (χ4v) is 2.90. The number of hydrogen-bond acceptors (Lipinski definition) is 6. The Hall–Kier alpha value is -3.74. The lowest BCUT2D eigenvalue weighted by molar-refractivity contribution is 0.438. The second-order valence-corrected chi connectivity index (χ2v) is 5.76. The van der Waals surface area contributed by atoms with Gasteiger partial charge in [0.25, 0.3) is 0 Å². The second-order valence-electron chi connectivity index (χ2n) is 5.76. The summed E-state index contributed by atoms with van der Waals surface area (Å²) in [7, 11) is 0. The lowest BCUT2D eigenvalue weighted by Crippen LogP contribution is -1.95. The lowest BCUT2D eigenvalue weighted by atomic mass is 10.2. The molecule has 7 heteroatoms. The topological polar surface area (TPSA) is 89.8 Å². The number of nitrogens with zero attached hydrogens (tertiary/aromatic N) is 3. The average Bonchev–Trinajstić information content (AvgIpc) is 3.45. The minimum atomic E-state index is 0.0272. The molecule has 0 fully saturated rings. The van der Waals surface area contributed by atoms with E-state index in [9.17, 15) is 5.11 Å². The third-order valence-corrected chi connectivity index (χ3v) is 4.10. The highest BCUT2D eigenvalue weighted by molar-refractivity contribution is 5.74. The van der Waals surface area contributed by atoms with Crippen LogP contribution in [0.2, 0.25) is 0 Å². The molecule has 0 aliphatic rings. The molecule has 26 heavy (non-hydrogen) atoms. The van der Waals surface area contributed by atoms with Gasteiger partial charge in [-0.15, -0.1) is 0 Å². The Morgan fingerprint density at radius 3 is 2.31 bits per heavy atom. The molecule has 0 spiro atoms. The van der Waals surface area contributed by atoms with E-state index >= 15 is 0 Å². The number of imidazole rings is 1. The molecule has 0 saturated heterocycles. The van der Waals surface area contributed by atoms with Gasteiger partial charge in [-0.3, -0.25) is 4.40 Å². The molecule has 7 nitrogen and oxygen atoms in total. The quantitative estimate of drug-likeness (QED) is 0.525. The van der Waals surface area contributed by atoms with Crippen LogP contribution in [0.15, 0.2) is 74.6 Å². The molecule has 0 aliphatic carbocycles. The largest absolute Gasteiger partial charge is 0.493 e. The maximum Gasteiger partial charge on any atom is 0.219 e. The highest BCUT2D eigenvalue weighted by atomic mass is 16.3. The van der Waals surface area contributed by atoms with Gasteiger partial charge in [-0.05, 0) is 36.4 Å². The maximum atomic E-state index is 10.7. The molecule has 5 aromatic rings. The molecule has 0 atom stereocenters. The molecule has 128 valence electrons. The van der Waals surface area contributed by atoms with E-state index in [1.54, 1.807) is 59.7 Å². The highest BCUT2D eigenvalue weighted by Crippen LogP contribution is 2.31. The van der Waals surface area contributed by atoms with E-state index in [0.29, 0.717) is 46.4 Å². The van der Waals surface area contributed by atoms with Gasteiger partial charge in [0.2, 0.25) is 5.88 Å². The van der Waals surface area contributed by atoms with Gasteiger partial charge in [0, 0.05) is 6.20 Å². The van der Waals surface area contributed by atoms with Crippen molar-refractivity contribution in [2.75, 3.05) is 0 Å². The Morgan fingerprint density at radius 1 is 0.885 bits per heavy atom. The van der Waals surface area contributed by atoms with Gasteiger partial charge in [-0.1, -0.05) is 0 Å². The molecule has 5 aromatic heterocycles. The van der Waals surface area contributed by atoms with Crippen molar-refractivity contribution in [3.8, 4) is 28.8 Å². The zero-order valence-corrected chi connectivity index (χ0v) is 13.5. The zero-order chi connectivity index (χ0) is 17.5. The van der Waals surface area contributed by atoms with Crippen LogP contribution in [0, 0.1) is 0 Å². The third kappa shape index (κ3) is 2.29. The molecule has 0 bridgehead atoms. The van der Waals surface area contributed by atoms with Gasteiger partial charge in [0.1, 0.15) is 22.8 Å². The fourth-order valence-electron chi connectivity index (χ4n) is 2.90. The number of hydrogen-bond donors (Lipinski definition) is 1. The number of aromatic nitrogens is 3. The molecule has 0 aromatic carbocycles. The second kappa shape index (κ2) is 5.66. The van der Waals surface area contributed by atoms with Crippen molar-refractivity contribution >= 4 is 5.65 Å².